The number of hydrogen-bond acceptors (Lipinski definition) is 4. The van der Waals surface area contributed by atoms with E-state index < -0.39 is 0 Å². The predicted molar refractivity (Wildman–Crippen MR) is 82.9 cm³/mol. The SMILES string of the molecule is COCCN(CCOC)C(CN)CCc1ccccc1. The van der Waals surface area contributed by atoms with Crippen LogP contribution in [-0.4, -0.2) is 58.0 Å². The number of benzene rings is 1. The van der Waals surface area contributed by atoms with Crippen LogP contribution < -0.4 is 5.73 Å². The highest BCUT2D eigenvalue weighted by atomic mass is 16.5. The third-order valence-electron chi connectivity index (χ3n) is 3.56. The highest BCUT2D eigenvalue weighted by molar-refractivity contribution is 5.14. The van der Waals surface area contributed by atoms with Crippen LogP contribution in [0.4, 0.5) is 0 Å². The van der Waals surface area contributed by atoms with E-state index in [9.17, 15) is 0 Å². The van der Waals surface area contributed by atoms with E-state index in [0.717, 1.165) is 39.1 Å². The van der Waals surface area contributed by atoms with Crippen LogP contribution in [0.3, 0.4) is 0 Å². The second-order valence-corrected chi connectivity index (χ2v) is 4.94. The maximum absolute atomic E-state index is 5.96. The second-order valence-electron chi connectivity index (χ2n) is 4.94. The van der Waals surface area contributed by atoms with Crippen molar-refractivity contribution in [2.24, 2.45) is 5.73 Å². The fourth-order valence-electron chi connectivity index (χ4n) is 2.32. The van der Waals surface area contributed by atoms with Gasteiger partial charge in [-0.15, -0.1) is 0 Å². The molecular weight excluding hydrogens is 252 g/mol. The molecule has 0 aliphatic carbocycles. The first-order valence-electron chi connectivity index (χ1n) is 7.27. The Balaban J connectivity index is 2.50. The molecular formula is C16H28N2O2. The van der Waals surface area contributed by atoms with Crippen molar-refractivity contribution >= 4 is 0 Å². The van der Waals surface area contributed by atoms with Gasteiger partial charge in [-0.2, -0.15) is 0 Å². The van der Waals surface area contributed by atoms with Gasteiger partial charge in [0.25, 0.3) is 0 Å². The van der Waals surface area contributed by atoms with Crippen molar-refractivity contribution in [3.63, 3.8) is 0 Å². The van der Waals surface area contributed by atoms with Gasteiger partial charge < -0.3 is 15.2 Å². The summed E-state index contributed by atoms with van der Waals surface area (Å²) >= 11 is 0. The summed E-state index contributed by atoms with van der Waals surface area (Å²) in [5.74, 6) is 0. The van der Waals surface area contributed by atoms with E-state index in [1.807, 2.05) is 6.07 Å². The maximum Gasteiger partial charge on any atom is 0.0589 e. The molecule has 114 valence electrons. The Kier molecular flexibility index (Phi) is 9.24. The minimum atomic E-state index is 0.375. The molecule has 1 atom stereocenters. The molecule has 0 fully saturated rings. The highest BCUT2D eigenvalue weighted by Crippen LogP contribution is 2.09. The lowest BCUT2D eigenvalue weighted by atomic mass is 10.0. The first kappa shape index (κ1) is 17.1. The molecule has 20 heavy (non-hydrogen) atoms. The summed E-state index contributed by atoms with van der Waals surface area (Å²) in [6.45, 7) is 3.92. The Morgan fingerprint density at radius 1 is 1.05 bits per heavy atom. The smallest absolute Gasteiger partial charge is 0.0589 e. The van der Waals surface area contributed by atoms with Gasteiger partial charge in [0.05, 0.1) is 13.2 Å². The molecule has 0 saturated carbocycles. The number of ether oxygens (including phenoxy) is 2. The Bertz CT molecular complexity index is 325. The lowest BCUT2D eigenvalue weighted by Crippen LogP contribution is -2.44. The molecule has 0 radical (unpaired) electrons. The molecule has 0 aliphatic heterocycles. The van der Waals surface area contributed by atoms with Crippen molar-refractivity contribution in [1.82, 2.24) is 4.90 Å². The Morgan fingerprint density at radius 3 is 2.15 bits per heavy atom. The molecule has 1 rings (SSSR count). The van der Waals surface area contributed by atoms with Crippen molar-refractivity contribution < 1.29 is 9.47 Å². The van der Waals surface area contributed by atoms with E-state index in [-0.39, 0.29) is 0 Å². The van der Waals surface area contributed by atoms with E-state index in [4.69, 9.17) is 15.2 Å². The molecule has 0 bridgehead atoms. The van der Waals surface area contributed by atoms with E-state index in [1.54, 1.807) is 14.2 Å². The number of rotatable bonds is 11. The first-order valence-corrected chi connectivity index (χ1v) is 7.27. The molecule has 1 aromatic rings. The van der Waals surface area contributed by atoms with Gasteiger partial charge in [0, 0.05) is 39.9 Å². The van der Waals surface area contributed by atoms with E-state index >= 15 is 0 Å². The van der Waals surface area contributed by atoms with Gasteiger partial charge in [0.15, 0.2) is 0 Å². The predicted octanol–water partition coefficient (Wildman–Crippen LogP) is 1.54. The molecule has 0 aliphatic rings. The normalized spacial score (nSPS) is 12.8. The molecule has 0 amide bonds. The summed E-state index contributed by atoms with van der Waals surface area (Å²) in [5.41, 5.74) is 7.32. The summed E-state index contributed by atoms with van der Waals surface area (Å²) in [5, 5.41) is 0. The zero-order chi connectivity index (χ0) is 14.6. The van der Waals surface area contributed by atoms with Crippen molar-refractivity contribution in [3.8, 4) is 0 Å². The van der Waals surface area contributed by atoms with Crippen LogP contribution in [0.15, 0.2) is 30.3 Å². The number of hydrogen-bond donors (Lipinski definition) is 1. The van der Waals surface area contributed by atoms with E-state index in [2.05, 4.69) is 29.2 Å². The molecule has 0 heterocycles. The van der Waals surface area contributed by atoms with Crippen LogP contribution in [0.1, 0.15) is 12.0 Å². The molecule has 0 spiro atoms. The Morgan fingerprint density at radius 2 is 1.65 bits per heavy atom. The lowest BCUT2D eigenvalue weighted by molar-refractivity contribution is 0.0866. The van der Waals surface area contributed by atoms with Gasteiger partial charge in [0.1, 0.15) is 0 Å². The number of aryl methyl sites for hydroxylation is 1. The molecule has 0 aromatic heterocycles. The largest absolute Gasteiger partial charge is 0.383 e. The van der Waals surface area contributed by atoms with E-state index in [1.165, 1.54) is 5.56 Å². The molecule has 0 saturated heterocycles. The summed E-state index contributed by atoms with van der Waals surface area (Å²) in [6, 6.07) is 10.9. The minimum absolute atomic E-state index is 0.375. The monoisotopic (exact) mass is 280 g/mol. The summed E-state index contributed by atoms with van der Waals surface area (Å²) in [7, 11) is 3.46. The third-order valence-corrected chi connectivity index (χ3v) is 3.56. The summed E-state index contributed by atoms with van der Waals surface area (Å²) in [6.07, 6.45) is 2.12. The first-order chi connectivity index (χ1) is 9.81. The number of nitrogens with zero attached hydrogens (tertiary/aromatic N) is 1. The summed E-state index contributed by atoms with van der Waals surface area (Å²) in [4.78, 5) is 2.37. The number of nitrogens with two attached hydrogens (primary N) is 1. The molecule has 1 aromatic carbocycles. The highest BCUT2D eigenvalue weighted by Gasteiger charge is 2.16. The topological polar surface area (TPSA) is 47.7 Å². The number of methoxy groups -OCH3 is 2. The zero-order valence-electron chi connectivity index (χ0n) is 12.8. The molecule has 2 N–H and O–H groups in total. The second kappa shape index (κ2) is 10.8. The Hall–Kier alpha value is -0.940. The van der Waals surface area contributed by atoms with Gasteiger partial charge in [-0.1, -0.05) is 30.3 Å². The van der Waals surface area contributed by atoms with Gasteiger partial charge in [0.2, 0.25) is 0 Å². The van der Waals surface area contributed by atoms with Gasteiger partial charge in [-0.25, -0.2) is 0 Å². The standard InChI is InChI=1S/C16H28N2O2/c1-19-12-10-18(11-13-20-2)16(14-17)9-8-15-6-4-3-5-7-15/h3-7,16H,8-14,17H2,1-2H3. The average Bonchev–Trinajstić information content (AvgIpc) is 2.50. The third kappa shape index (κ3) is 6.48. The molecule has 4 nitrogen and oxygen atoms in total. The van der Waals surface area contributed by atoms with E-state index in [0.29, 0.717) is 12.6 Å². The van der Waals surface area contributed by atoms with Crippen molar-refractivity contribution in [2.45, 2.75) is 18.9 Å². The van der Waals surface area contributed by atoms with Crippen LogP contribution in [-0.2, 0) is 15.9 Å². The van der Waals surface area contributed by atoms with Gasteiger partial charge >= 0.3 is 0 Å². The summed E-state index contributed by atoms with van der Waals surface area (Å²) < 4.78 is 10.4. The van der Waals surface area contributed by atoms with Gasteiger partial charge in [-0.05, 0) is 18.4 Å². The zero-order valence-corrected chi connectivity index (χ0v) is 12.8. The maximum atomic E-state index is 5.96. The van der Waals surface area contributed by atoms with Crippen LogP contribution in [0.2, 0.25) is 0 Å². The minimum Gasteiger partial charge on any atom is -0.383 e. The Labute approximate surface area is 122 Å². The molecule has 1 unspecified atom stereocenters. The van der Waals surface area contributed by atoms with Crippen LogP contribution in [0, 0.1) is 0 Å². The molecule has 4 heteroatoms. The van der Waals surface area contributed by atoms with Crippen molar-refractivity contribution in [3.05, 3.63) is 35.9 Å². The lowest BCUT2D eigenvalue weighted by Gasteiger charge is -2.30. The van der Waals surface area contributed by atoms with Crippen LogP contribution >= 0.6 is 0 Å². The van der Waals surface area contributed by atoms with Gasteiger partial charge in [-0.3, -0.25) is 4.90 Å². The van der Waals surface area contributed by atoms with Crippen LogP contribution in [0.25, 0.3) is 0 Å². The fourth-order valence-corrected chi connectivity index (χ4v) is 2.32. The van der Waals surface area contributed by atoms with Crippen LogP contribution in [0.5, 0.6) is 0 Å². The average molecular weight is 280 g/mol. The van der Waals surface area contributed by atoms with Crippen molar-refractivity contribution in [2.75, 3.05) is 47.1 Å². The quantitative estimate of drug-likeness (QED) is 0.668. The fraction of sp³-hybridized carbons (Fsp3) is 0.625. The van der Waals surface area contributed by atoms with Crippen molar-refractivity contribution in [1.29, 1.82) is 0 Å².